The quantitative estimate of drug-likeness (QED) is 0.924. The fourth-order valence-corrected chi connectivity index (χ4v) is 2.57. The molecule has 116 valence electrons. The number of nitrogens with one attached hydrogen (secondary N) is 1. The second kappa shape index (κ2) is 5.84. The van der Waals surface area contributed by atoms with Gasteiger partial charge in [0.2, 0.25) is 11.8 Å². The fourth-order valence-electron chi connectivity index (χ4n) is 2.57. The minimum Gasteiger partial charge on any atom is -0.338 e. The highest BCUT2D eigenvalue weighted by Gasteiger charge is 2.26. The first-order chi connectivity index (χ1) is 10.5. The summed E-state index contributed by atoms with van der Waals surface area (Å²) >= 11 is 0. The van der Waals surface area contributed by atoms with Gasteiger partial charge in [0, 0.05) is 25.4 Å². The van der Waals surface area contributed by atoms with Crippen LogP contribution in [-0.2, 0) is 17.8 Å². The molecule has 0 saturated carbocycles. The summed E-state index contributed by atoms with van der Waals surface area (Å²) < 4.78 is 5.02. The topological polar surface area (TPSA) is 84.2 Å². The zero-order valence-electron chi connectivity index (χ0n) is 13.0. The minimum atomic E-state index is -0.270. The SMILES string of the molecule is Cc1cc(NC(=O)C(C)N2CCc3cnc(C)nc3C2)on1. The van der Waals surface area contributed by atoms with E-state index < -0.39 is 0 Å². The summed E-state index contributed by atoms with van der Waals surface area (Å²) in [5.41, 5.74) is 2.91. The lowest BCUT2D eigenvalue weighted by atomic mass is 10.0. The highest BCUT2D eigenvalue weighted by atomic mass is 16.5. The van der Waals surface area contributed by atoms with Crippen LogP contribution < -0.4 is 5.32 Å². The van der Waals surface area contributed by atoms with Crippen molar-refractivity contribution in [1.82, 2.24) is 20.0 Å². The Bertz CT molecular complexity index is 697. The van der Waals surface area contributed by atoms with Crippen molar-refractivity contribution in [3.05, 3.63) is 35.0 Å². The van der Waals surface area contributed by atoms with E-state index in [0.29, 0.717) is 12.4 Å². The van der Waals surface area contributed by atoms with Crippen LogP contribution in [0.25, 0.3) is 0 Å². The molecule has 0 aromatic carbocycles. The maximum absolute atomic E-state index is 12.3. The number of hydrogen-bond acceptors (Lipinski definition) is 6. The zero-order chi connectivity index (χ0) is 15.7. The van der Waals surface area contributed by atoms with Gasteiger partial charge in [-0.15, -0.1) is 0 Å². The Hall–Kier alpha value is -2.28. The molecule has 0 saturated heterocycles. The molecular weight excluding hydrogens is 282 g/mol. The summed E-state index contributed by atoms with van der Waals surface area (Å²) in [6.07, 6.45) is 2.74. The summed E-state index contributed by atoms with van der Waals surface area (Å²) in [7, 11) is 0. The summed E-state index contributed by atoms with van der Waals surface area (Å²) in [6, 6.07) is 1.43. The average molecular weight is 301 g/mol. The van der Waals surface area contributed by atoms with Gasteiger partial charge in [-0.2, -0.15) is 0 Å². The molecule has 22 heavy (non-hydrogen) atoms. The van der Waals surface area contributed by atoms with E-state index in [4.69, 9.17) is 4.52 Å². The first kappa shape index (κ1) is 14.6. The van der Waals surface area contributed by atoms with Crippen LogP contribution in [0.5, 0.6) is 0 Å². The zero-order valence-corrected chi connectivity index (χ0v) is 13.0. The maximum Gasteiger partial charge on any atom is 0.243 e. The third-order valence-corrected chi connectivity index (χ3v) is 3.90. The Morgan fingerprint density at radius 2 is 2.27 bits per heavy atom. The highest BCUT2D eigenvalue weighted by molar-refractivity contribution is 5.93. The lowest BCUT2D eigenvalue weighted by Gasteiger charge is -2.31. The number of carbonyl (C=O) groups excluding carboxylic acids is 1. The van der Waals surface area contributed by atoms with Gasteiger partial charge in [0.1, 0.15) is 5.82 Å². The molecule has 2 aromatic rings. The molecule has 1 N–H and O–H groups in total. The van der Waals surface area contributed by atoms with E-state index in [9.17, 15) is 4.79 Å². The first-order valence-corrected chi connectivity index (χ1v) is 7.32. The molecular formula is C15H19N5O2. The molecule has 1 atom stereocenters. The van der Waals surface area contributed by atoms with Crippen LogP contribution >= 0.6 is 0 Å². The van der Waals surface area contributed by atoms with Gasteiger partial charge in [0.15, 0.2) is 0 Å². The van der Waals surface area contributed by atoms with E-state index in [-0.39, 0.29) is 11.9 Å². The van der Waals surface area contributed by atoms with Crippen molar-refractivity contribution in [3.8, 4) is 0 Å². The standard InChI is InChI=1S/C15H19N5O2/c1-9-6-14(22-19-9)18-15(21)10(2)20-5-4-12-7-16-11(3)17-13(12)8-20/h6-7,10H,4-5,8H2,1-3H3,(H,18,21). The molecule has 0 radical (unpaired) electrons. The Morgan fingerprint density at radius 3 is 3.00 bits per heavy atom. The smallest absolute Gasteiger partial charge is 0.243 e. The van der Waals surface area contributed by atoms with Crippen LogP contribution in [0.1, 0.15) is 29.7 Å². The van der Waals surface area contributed by atoms with E-state index in [1.54, 1.807) is 6.07 Å². The molecule has 0 bridgehead atoms. The van der Waals surface area contributed by atoms with Crippen LogP contribution in [-0.4, -0.2) is 38.5 Å². The Kier molecular flexibility index (Phi) is 3.89. The minimum absolute atomic E-state index is 0.106. The average Bonchev–Trinajstić information content (AvgIpc) is 2.90. The van der Waals surface area contributed by atoms with E-state index in [2.05, 4.69) is 25.3 Å². The van der Waals surface area contributed by atoms with Gasteiger partial charge in [-0.1, -0.05) is 5.16 Å². The lowest BCUT2D eigenvalue weighted by molar-refractivity contribution is -0.121. The second-order valence-electron chi connectivity index (χ2n) is 5.61. The number of aryl methyl sites for hydroxylation is 2. The van der Waals surface area contributed by atoms with Crippen molar-refractivity contribution in [2.24, 2.45) is 0 Å². The van der Waals surface area contributed by atoms with Crippen LogP contribution in [0.4, 0.5) is 5.88 Å². The molecule has 1 aliphatic heterocycles. The molecule has 1 unspecified atom stereocenters. The number of aromatic nitrogens is 3. The molecule has 0 aliphatic carbocycles. The number of rotatable bonds is 3. The van der Waals surface area contributed by atoms with E-state index in [1.165, 1.54) is 5.56 Å². The molecule has 1 aliphatic rings. The van der Waals surface area contributed by atoms with E-state index >= 15 is 0 Å². The monoisotopic (exact) mass is 301 g/mol. The van der Waals surface area contributed by atoms with Crippen molar-refractivity contribution >= 4 is 11.8 Å². The molecule has 0 spiro atoms. The molecule has 0 fully saturated rings. The summed E-state index contributed by atoms with van der Waals surface area (Å²) in [6.45, 7) is 7.04. The van der Waals surface area contributed by atoms with Crippen LogP contribution in [0.3, 0.4) is 0 Å². The Labute approximate surface area is 128 Å². The summed E-state index contributed by atoms with van der Waals surface area (Å²) in [5, 5.41) is 6.51. The molecule has 1 amide bonds. The highest BCUT2D eigenvalue weighted by Crippen LogP contribution is 2.19. The van der Waals surface area contributed by atoms with E-state index in [0.717, 1.165) is 30.2 Å². The van der Waals surface area contributed by atoms with Crippen molar-refractivity contribution in [2.75, 3.05) is 11.9 Å². The van der Waals surface area contributed by atoms with Gasteiger partial charge < -0.3 is 4.52 Å². The summed E-state index contributed by atoms with van der Waals surface area (Å²) in [5.74, 6) is 1.03. The van der Waals surface area contributed by atoms with Crippen molar-refractivity contribution < 1.29 is 9.32 Å². The third kappa shape index (κ3) is 2.99. The van der Waals surface area contributed by atoms with Crippen molar-refractivity contribution in [1.29, 1.82) is 0 Å². The number of fused-ring (bicyclic) bond motifs is 1. The molecule has 7 nitrogen and oxygen atoms in total. The third-order valence-electron chi connectivity index (χ3n) is 3.90. The number of carbonyl (C=O) groups is 1. The van der Waals surface area contributed by atoms with Gasteiger partial charge in [0.25, 0.3) is 0 Å². The van der Waals surface area contributed by atoms with Gasteiger partial charge in [-0.05, 0) is 32.8 Å². The fraction of sp³-hybridized carbons (Fsp3) is 0.467. The van der Waals surface area contributed by atoms with E-state index in [1.807, 2.05) is 27.0 Å². The Balaban J connectivity index is 1.68. The predicted octanol–water partition coefficient (Wildman–Crippen LogP) is 1.47. The van der Waals surface area contributed by atoms with Crippen LogP contribution in [0.15, 0.2) is 16.8 Å². The number of hydrogen-bond donors (Lipinski definition) is 1. The first-order valence-electron chi connectivity index (χ1n) is 7.32. The predicted molar refractivity (Wildman–Crippen MR) is 80.2 cm³/mol. The molecule has 7 heteroatoms. The van der Waals surface area contributed by atoms with Crippen LogP contribution in [0, 0.1) is 13.8 Å². The number of anilines is 1. The molecule has 3 heterocycles. The van der Waals surface area contributed by atoms with Crippen molar-refractivity contribution in [3.63, 3.8) is 0 Å². The second-order valence-corrected chi connectivity index (χ2v) is 5.61. The maximum atomic E-state index is 12.3. The molecule has 2 aromatic heterocycles. The summed E-state index contributed by atoms with van der Waals surface area (Å²) in [4.78, 5) is 23.1. The van der Waals surface area contributed by atoms with Crippen LogP contribution in [0.2, 0.25) is 0 Å². The van der Waals surface area contributed by atoms with Gasteiger partial charge in [-0.3, -0.25) is 15.0 Å². The normalized spacial score (nSPS) is 16.1. The lowest BCUT2D eigenvalue weighted by Crippen LogP contribution is -2.44. The number of amides is 1. The van der Waals surface area contributed by atoms with Gasteiger partial charge >= 0.3 is 0 Å². The Morgan fingerprint density at radius 1 is 1.45 bits per heavy atom. The van der Waals surface area contributed by atoms with Crippen molar-refractivity contribution in [2.45, 2.75) is 39.8 Å². The van der Waals surface area contributed by atoms with Gasteiger partial charge in [0.05, 0.1) is 17.4 Å². The van der Waals surface area contributed by atoms with Gasteiger partial charge in [-0.25, -0.2) is 9.97 Å². The number of nitrogens with zero attached hydrogens (tertiary/aromatic N) is 4. The molecule has 3 rings (SSSR count). The largest absolute Gasteiger partial charge is 0.338 e.